The number of carbonyl (C=O) groups is 1. The lowest BCUT2D eigenvalue weighted by atomic mass is 10.2. The van der Waals surface area contributed by atoms with Crippen LogP contribution in [0.3, 0.4) is 0 Å². The van der Waals surface area contributed by atoms with Crippen LogP contribution in [-0.4, -0.2) is 41.7 Å². The Kier molecular flexibility index (Phi) is 6.11. The second kappa shape index (κ2) is 7.63. The Morgan fingerprint density at radius 1 is 1.50 bits per heavy atom. The molecule has 98 valence electrons. The minimum absolute atomic E-state index is 0.0246. The van der Waals surface area contributed by atoms with Crippen molar-refractivity contribution in [1.29, 1.82) is 0 Å². The van der Waals surface area contributed by atoms with Gasteiger partial charge in [0.1, 0.15) is 0 Å². The van der Waals surface area contributed by atoms with Crippen LogP contribution in [0.1, 0.15) is 6.92 Å². The molecule has 0 spiro atoms. The lowest BCUT2D eigenvalue weighted by Gasteiger charge is -2.26. The first-order valence-corrected chi connectivity index (χ1v) is 6.00. The van der Waals surface area contributed by atoms with E-state index >= 15 is 0 Å². The molecule has 1 amide bonds. The van der Waals surface area contributed by atoms with E-state index in [2.05, 4.69) is 11.9 Å². The SMILES string of the molecule is C=CCN(CCO)C(C)C(=O)Nc1ccccc1. The molecule has 0 aromatic heterocycles. The van der Waals surface area contributed by atoms with Gasteiger partial charge in [-0.3, -0.25) is 9.69 Å². The van der Waals surface area contributed by atoms with E-state index in [9.17, 15) is 4.79 Å². The quantitative estimate of drug-likeness (QED) is 0.719. The van der Waals surface area contributed by atoms with Crippen LogP contribution >= 0.6 is 0 Å². The fourth-order valence-electron chi connectivity index (χ4n) is 1.67. The molecular weight excluding hydrogens is 228 g/mol. The zero-order valence-electron chi connectivity index (χ0n) is 10.7. The molecule has 0 heterocycles. The number of hydrogen-bond donors (Lipinski definition) is 2. The van der Waals surface area contributed by atoms with Gasteiger partial charge in [-0.25, -0.2) is 0 Å². The highest BCUT2D eigenvalue weighted by Crippen LogP contribution is 2.08. The molecule has 0 aliphatic heterocycles. The Labute approximate surface area is 108 Å². The van der Waals surface area contributed by atoms with Gasteiger partial charge in [0.15, 0.2) is 0 Å². The Balaban J connectivity index is 2.61. The Morgan fingerprint density at radius 2 is 2.17 bits per heavy atom. The van der Waals surface area contributed by atoms with Gasteiger partial charge in [-0.1, -0.05) is 24.3 Å². The summed E-state index contributed by atoms with van der Waals surface area (Å²) in [6, 6.07) is 9.01. The van der Waals surface area contributed by atoms with Gasteiger partial charge in [0.2, 0.25) is 5.91 Å². The lowest BCUT2D eigenvalue weighted by Crippen LogP contribution is -2.43. The third-order valence-electron chi connectivity index (χ3n) is 2.72. The van der Waals surface area contributed by atoms with E-state index in [1.165, 1.54) is 0 Å². The van der Waals surface area contributed by atoms with Crippen molar-refractivity contribution in [3.63, 3.8) is 0 Å². The molecule has 1 atom stereocenters. The summed E-state index contributed by atoms with van der Waals surface area (Å²) < 4.78 is 0. The van der Waals surface area contributed by atoms with Gasteiger partial charge in [0.25, 0.3) is 0 Å². The first-order chi connectivity index (χ1) is 8.69. The fourth-order valence-corrected chi connectivity index (χ4v) is 1.67. The van der Waals surface area contributed by atoms with Crippen LogP contribution in [0.2, 0.25) is 0 Å². The first-order valence-electron chi connectivity index (χ1n) is 6.00. The average molecular weight is 248 g/mol. The second-order valence-electron chi connectivity index (χ2n) is 4.04. The van der Waals surface area contributed by atoms with Crippen LogP contribution in [0.4, 0.5) is 5.69 Å². The van der Waals surface area contributed by atoms with Gasteiger partial charge < -0.3 is 10.4 Å². The number of rotatable bonds is 7. The highest BCUT2D eigenvalue weighted by atomic mass is 16.3. The lowest BCUT2D eigenvalue weighted by molar-refractivity contribution is -0.120. The van der Waals surface area contributed by atoms with Crippen molar-refractivity contribution >= 4 is 11.6 Å². The molecule has 1 rings (SSSR count). The number of amides is 1. The summed E-state index contributed by atoms with van der Waals surface area (Å²) in [7, 11) is 0. The number of nitrogens with zero attached hydrogens (tertiary/aromatic N) is 1. The largest absolute Gasteiger partial charge is 0.395 e. The Morgan fingerprint density at radius 3 is 2.72 bits per heavy atom. The van der Waals surface area contributed by atoms with Crippen molar-refractivity contribution in [1.82, 2.24) is 4.90 Å². The monoisotopic (exact) mass is 248 g/mol. The fraction of sp³-hybridized carbons (Fsp3) is 0.357. The van der Waals surface area contributed by atoms with Gasteiger partial charge in [0, 0.05) is 18.8 Å². The number of benzene rings is 1. The number of para-hydroxylation sites is 1. The summed E-state index contributed by atoms with van der Waals surface area (Å²) >= 11 is 0. The maximum Gasteiger partial charge on any atom is 0.241 e. The summed E-state index contributed by atoms with van der Waals surface area (Å²) in [6.07, 6.45) is 1.72. The van der Waals surface area contributed by atoms with E-state index in [1.807, 2.05) is 42.2 Å². The molecule has 0 saturated heterocycles. The minimum Gasteiger partial charge on any atom is -0.395 e. The van der Waals surface area contributed by atoms with Gasteiger partial charge in [0.05, 0.1) is 12.6 Å². The molecule has 0 bridgehead atoms. The van der Waals surface area contributed by atoms with Crippen molar-refractivity contribution in [2.24, 2.45) is 0 Å². The van der Waals surface area contributed by atoms with E-state index in [-0.39, 0.29) is 18.6 Å². The van der Waals surface area contributed by atoms with Gasteiger partial charge in [-0.15, -0.1) is 6.58 Å². The van der Waals surface area contributed by atoms with Crippen LogP contribution in [0.25, 0.3) is 0 Å². The van der Waals surface area contributed by atoms with E-state index in [0.717, 1.165) is 5.69 Å². The van der Waals surface area contributed by atoms with Crippen molar-refractivity contribution in [2.75, 3.05) is 25.0 Å². The van der Waals surface area contributed by atoms with Crippen LogP contribution in [0, 0.1) is 0 Å². The maximum absolute atomic E-state index is 12.0. The van der Waals surface area contributed by atoms with Crippen LogP contribution < -0.4 is 5.32 Å². The van der Waals surface area contributed by atoms with E-state index in [1.54, 1.807) is 6.08 Å². The van der Waals surface area contributed by atoms with Gasteiger partial charge >= 0.3 is 0 Å². The minimum atomic E-state index is -0.310. The summed E-state index contributed by atoms with van der Waals surface area (Å²) in [4.78, 5) is 13.9. The number of anilines is 1. The molecule has 0 saturated carbocycles. The summed E-state index contributed by atoms with van der Waals surface area (Å²) in [5.74, 6) is -0.0866. The highest BCUT2D eigenvalue weighted by molar-refractivity contribution is 5.94. The summed E-state index contributed by atoms with van der Waals surface area (Å²) in [6.45, 7) is 6.52. The second-order valence-corrected chi connectivity index (χ2v) is 4.04. The molecule has 1 aromatic carbocycles. The molecule has 4 nitrogen and oxygen atoms in total. The Bertz CT molecular complexity index is 379. The third kappa shape index (κ3) is 4.31. The molecule has 0 fully saturated rings. The standard InChI is InChI=1S/C14H20N2O2/c1-3-9-16(10-11-17)12(2)14(18)15-13-7-5-4-6-8-13/h3-8,12,17H,1,9-11H2,2H3,(H,15,18). The number of hydrogen-bond acceptors (Lipinski definition) is 3. The molecule has 2 N–H and O–H groups in total. The molecular formula is C14H20N2O2. The summed E-state index contributed by atoms with van der Waals surface area (Å²) in [5, 5.41) is 11.8. The van der Waals surface area contributed by atoms with Gasteiger partial charge in [-0.2, -0.15) is 0 Å². The van der Waals surface area contributed by atoms with Crippen molar-refractivity contribution in [2.45, 2.75) is 13.0 Å². The molecule has 0 aliphatic carbocycles. The van der Waals surface area contributed by atoms with Crippen molar-refractivity contribution in [3.8, 4) is 0 Å². The van der Waals surface area contributed by atoms with Crippen LogP contribution in [-0.2, 0) is 4.79 Å². The van der Waals surface area contributed by atoms with E-state index in [0.29, 0.717) is 13.1 Å². The molecule has 1 unspecified atom stereocenters. The van der Waals surface area contributed by atoms with E-state index in [4.69, 9.17) is 5.11 Å². The highest BCUT2D eigenvalue weighted by Gasteiger charge is 2.19. The summed E-state index contributed by atoms with van der Waals surface area (Å²) in [5.41, 5.74) is 0.775. The van der Waals surface area contributed by atoms with Crippen molar-refractivity contribution in [3.05, 3.63) is 43.0 Å². The topological polar surface area (TPSA) is 52.6 Å². The number of nitrogens with one attached hydrogen (secondary N) is 1. The van der Waals surface area contributed by atoms with Crippen LogP contribution in [0.5, 0.6) is 0 Å². The smallest absolute Gasteiger partial charge is 0.241 e. The predicted octanol–water partition coefficient (Wildman–Crippen LogP) is 1.49. The molecule has 4 heteroatoms. The maximum atomic E-state index is 12.0. The van der Waals surface area contributed by atoms with Crippen molar-refractivity contribution < 1.29 is 9.90 Å². The molecule has 0 aliphatic rings. The molecule has 1 aromatic rings. The van der Waals surface area contributed by atoms with E-state index < -0.39 is 0 Å². The third-order valence-corrected chi connectivity index (χ3v) is 2.72. The number of aliphatic hydroxyl groups is 1. The number of aliphatic hydroxyl groups excluding tert-OH is 1. The number of carbonyl (C=O) groups excluding carboxylic acids is 1. The first kappa shape index (κ1) is 14.4. The average Bonchev–Trinajstić information content (AvgIpc) is 2.39. The molecule has 0 radical (unpaired) electrons. The zero-order chi connectivity index (χ0) is 13.4. The van der Waals surface area contributed by atoms with Gasteiger partial charge in [-0.05, 0) is 19.1 Å². The normalized spacial score (nSPS) is 12.2. The predicted molar refractivity (Wildman–Crippen MR) is 73.4 cm³/mol. The zero-order valence-corrected chi connectivity index (χ0v) is 10.7. The Hall–Kier alpha value is -1.65. The molecule has 18 heavy (non-hydrogen) atoms. The van der Waals surface area contributed by atoms with Crippen LogP contribution in [0.15, 0.2) is 43.0 Å².